The van der Waals surface area contributed by atoms with E-state index in [-0.39, 0.29) is 16.8 Å². The van der Waals surface area contributed by atoms with Gasteiger partial charge in [0.25, 0.3) is 0 Å². The molecule has 8 heteroatoms. The minimum Gasteiger partial charge on any atom is -0.478 e. The number of nitrogen functional groups attached to an aromatic ring is 4. The van der Waals surface area contributed by atoms with Crippen LogP contribution in [-0.2, 0) is 0 Å². The quantitative estimate of drug-likeness (QED) is 0.446. The Morgan fingerprint density at radius 2 is 1.36 bits per heavy atom. The SMILES string of the molecule is Nc1cc(N)cc(C(=O)O)c1.Nc1cccc(C(=O)O)c1N. The molecule has 10 N–H and O–H groups in total. The summed E-state index contributed by atoms with van der Waals surface area (Å²) in [7, 11) is 0. The molecule has 0 aliphatic rings. The van der Waals surface area contributed by atoms with Crippen LogP contribution in [0.25, 0.3) is 0 Å². The Kier molecular flexibility index (Phi) is 5.17. The van der Waals surface area contributed by atoms with Gasteiger partial charge in [0.15, 0.2) is 0 Å². The van der Waals surface area contributed by atoms with Crippen LogP contribution in [0.5, 0.6) is 0 Å². The first-order valence-corrected chi connectivity index (χ1v) is 5.99. The van der Waals surface area contributed by atoms with Crippen LogP contribution < -0.4 is 22.9 Å². The first kappa shape index (κ1) is 16.6. The molecule has 2 aromatic carbocycles. The molecule has 116 valence electrons. The topological polar surface area (TPSA) is 179 Å². The van der Waals surface area contributed by atoms with Crippen molar-refractivity contribution in [3.63, 3.8) is 0 Å². The lowest BCUT2D eigenvalue weighted by molar-refractivity contribution is 0.0686. The summed E-state index contributed by atoms with van der Waals surface area (Å²) >= 11 is 0. The van der Waals surface area contributed by atoms with Gasteiger partial charge in [0, 0.05) is 11.4 Å². The van der Waals surface area contributed by atoms with E-state index < -0.39 is 11.9 Å². The number of aromatic carboxylic acids is 2. The predicted molar refractivity (Wildman–Crippen MR) is 84.5 cm³/mol. The van der Waals surface area contributed by atoms with Crippen LogP contribution in [0.1, 0.15) is 20.7 Å². The summed E-state index contributed by atoms with van der Waals surface area (Å²) in [5.41, 5.74) is 22.8. The van der Waals surface area contributed by atoms with Crippen LogP contribution in [-0.4, -0.2) is 22.2 Å². The van der Waals surface area contributed by atoms with Gasteiger partial charge in [0.1, 0.15) is 0 Å². The van der Waals surface area contributed by atoms with Gasteiger partial charge in [-0.3, -0.25) is 0 Å². The smallest absolute Gasteiger partial charge is 0.337 e. The molecule has 22 heavy (non-hydrogen) atoms. The molecule has 0 saturated carbocycles. The van der Waals surface area contributed by atoms with Crippen molar-refractivity contribution >= 4 is 34.7 Å². The van der Waals surface area contributed by atoms with Crippen molar-refractivity contribution in [1.29, 1.82) is 0 Å². The second-order valence-electron chi connectivity index (χ2n) is 4.31. The maximum atomic E-state index is 10.4. The predicted octanol–water partition coefficient (Wildman–Crippen LogP) is 1.10. The van der Waals surface area contributed by atoms with E-state index in [1.807, 2.05) is 0 Å². The van der Waals surface area contributed by atoms with Gasteiger partial charge in [-0.15, -0.1) is 0 Å². The number of rotatable bonds is 2. The molecule has 0 bridgehead atoms. The van der Waals surface area contributed by atoms with E-state index in [0.717, 1.165) is 0 Å². The number of carbonyl (C=O) groups is 2. The fraction of sp³-hybridized carbons (Fsp3) is 0. The maximum Gasteiger partial charge on any atom is 0.337 e. The molecule has 0 fully saturated rings. The highest BCUT2D eigenvalue weighted by atomic mass is 16.4. The molecule has 8 nitrogen and oxygen atoms in total. The van der Waals surface area contributed by atoms with E-state index in [2.05, 4.69) is 0 Å². The molecule has 0 heterocycles. The van der Waals surface area contributed by atoms with Crippen LogP contribution in [0.3, 0.4) is 0 Å². The second kappa shape index (κ2) is 6.84. The molecule has 0 amide bonds. The Balaban J connectivity index is 0.000000220. The summed E-state index contributed by atoms with van der Waals surface area (Å²) in [6, 6.07) is 8.74. The highest BCUT2D eigenvalue weighted by Gasteiger charge is 2.08. The molecule has 2 rings (SSSR count). The first-order chi connectivity index (χ1) is 10.2. The fourth-order valence-corrected chi connectivity index (χ4v) is 1.57. The molecule has 0 aliphatic heterocycles. The number of anilines is 4. The van der Waals surface area contributed by atoms with Gasteiger partial charge in [-0.25, -0.2) is 9.59 Å². The normalized spacial score (nSPS) is 9.45. The summed E-state index contributed by atoms with van der Waals surface area (Å²) in [6.45, 7) is 0. The van der Waals surface area contributed by atoms with E-state index in [1.165, 1.54) is 24.3 Å². The van der Waals surface area contributed by atoms with E-state index in [4.69, 9.17) is 33.1 Å². The fourth-order valence-electron chi connectivity index (χ4n) is 1.57. The number of para-hydroxylation sites is 1. The molecular formula is C14H16N4O4. The zero-order valence-corrected chi connectivity index (χ0v) is 11.5. The van der Waals surface area contributed by atoms with Crippen molar-refractivity contribution in [3.05, 3.63) is 47.5 Å². The van der Waals surface area contributed by atoms with E-state index in [1.54, 1.807) is 12.1 Å². The average Bonchev–Trinajstić information content (AvgIpc) is 2.41. The molecule has 0 atom stereocenters. The van der Waals surface area contributed by atoms with Crippen molar-refractivity contribution in [2.45, 2.75) is 0 Å². The lowest BCUT2D eigenvalue weighted by Gasteiger charge is -2.01. The van der Waals surface area contributed by atoms with Crippen molar-refractivity contribution < 1.29 is 19.8 Å². The minimum atomic E-state index is -1.06. The number of carboxylic acids is 2. The lowest BCUT2D eigenvalue weighted by atomic mass is 10.1. The molecule has 0 unspecified atom stereocenters. The highest BCUT2D eigenvalue weighted by molar-refractivity contribution is 5.96. The van der Waals surface area contributed by atoms with Crippen molar-refractivity contribution in [2.75, 3.05) is 22.9 Å². The molecule has 0 aliphatic carbocycles. The molecule has 0 spiro atoms. The number of hydrogen-bond donors (Lipinski definition) is 6. The first-order valence-electron chi connectivity index (χ1n) is 5.99. The third-order valence-corrected chi connectivity index (χ3v) is 2.59. The van der Waals surface area contributed by atoms with Gasteiger partial charge in [-0.2, -0.15) is 0 Å². The average molecular weight is 304 g/mol. The second-order valence-corrected chi connectivity index (χ2v) is 4.31. The van der Waals surface area contributed by atoms with Gasteiger partial charge in [0.2, 0.25) is 0 Å². The monoisotopic (exact) mass is 304 g/mol. The van der Waals surface area contributed by atoms with Gasteiger partial charge in [-0.05, 0) is 30.3 Å². The number of benzene rings is 2. The summed E-state index contributed by atoms with van der Waals surface area (Å²) in [5, 5.41) is 17.1. The molecule has 0 radical (unpaired) electrons. The minimum absolute atomic E-state index is 0.0463. The molecule has 0 saturated heterocycles. The maximum absolute atomic E-state index is 10.4. The third kappa shape index (κ3) is 4.30. The van der Waals surface area contributed by atoms with Gasteiger partial charge in [0.05, 0.1) is 22.5 Å². The van der Waals surface area contributed by atoms with E-state index in [0.29, 0.717) is 17.1 Å². The summed E-state index contributed by atoms with van der Waals surface area (Å²) < 4.78 is 0. The van der Waals surface area contributed by atoms with Crippen molar-refractivity contribution in [2.24, 2.45) is 0 Å². The molecular weight excluding hydrogens is 288 g/mol. The standard InChI is InChI=1S/2C7H8N2O2/c8-5-1-4(7(10)11)2-6(9)3-5;8-5-3-1-2-4(6(5)9)7(10)11/h2*1-3H,8-9H2,(H,10,11). The van der Waals surface area contributed by atoms with E-state index >= 15 is 0 Å². The van der Waals surface area contributed by atoms with E-state index in [9.17, 15) is 9.59 Å². The molecule has 0 aromatic heterocycles. The van der Waals surface area contributed by atoms with Gasteiger partial charge >= 0.3 is 11.9 Å². The Bertz CT molecular complexity index is 696. The third-order valence-electron chi connectivity index (χ3n) is 2.59. The van der Waals surface area contributed by atoms with Crippen molar-refractivity contribution in [1.82, 2.24) is 0 Å². The molecule has 2 aromatic rings. The number of hydrogen-bond acceptors (Lipinski definition) is 6. The van der Waals surface area contributed by atoms with Crippen LogP contribution >= 0.6 is 0 Å². The summed E-state index contributed by atoms with van der Waals surface area (Å²) in [4.78, 5) is 20.8. The van der Waals surface area contributed by atoms with Crippen LogP contribution in [0.2, 0.25) is 0 Å². The Morgan fingerprint density at radius 3 is 1.77 bits per heavy atom. The highest BCUT2D eigenvalue weighted by Crippen LogP contribution is 2.18. The van der Waals surface area contributed by atoms with Crippen LogP contribution in [0.4, 0.5) is 22.7 Å². The lowest BCUT2D eigenvalue weighted by Crippen LogP contribution is -2.04. The number of nitrogens with two attached hydrogens (primary N) is 4. The van der Waals surface area contributed by atoms with Crippen LogP contribution in [0.15, 0.2) is 36.4 Å². The largest absolute Gasteiger partial charge is 0.478 e. The number of carboxylic acid groups (broad SMARTS) is 2. The van der Waals surface area contributed by atoms with Crippen molar-refractivity contribution in [3.8, 4) is 0 Å². The zero-order chi connectivity index (χ0) is 16.9. The van der Waals surface area contributed by atoms with Gasteiger partial charge in [-0.1, -0.05) is 6.07 Å². The summed E-state index contributed by atoms with van der Waals surface area (Å²) in [5.74, 6) is -2.08. The Morgan fingerprint density at radius 1 is 0.818 bits per heavy atom. The van der Waals surface area contributed by atoms with Crippen LogP contribution in [0, 0.1) is 0 Å². The Hall–Kier alpha value is -3.42. The Labute approximate surface area is 125 Å². The zero-order valence-electron chi connectivity index (χ0n) is 11.5. The van der Waals surface area contributed by atoms with Gasteiger partial charge < -0.3 is 33.1 Å². The summed E-state index contributed by atoms with van der Waals surface area (Å²) in [6.07, 6.45) is 0.